The molecular weight excluding hydrogens is 425 g/mol. The van der Waals surface area contributed by atoms with Gasteiger partial charge in [-0.1, -0.05) is 34.8 Å². The first-order chi connectivity index (χ1) is 15.7. The number of amides is 2. The summed E-state index contributed by atoms with van der Waals surface area (Å²) in [6.07, 6.45) is 0.911. The highest BCUT2D eigenvalue weighted by molar-refractivity contribution is 5.98. The fourth-order valence-electron chi connectivity index (χ4n) is 3.76. The van der Waals surface area contributed by atoms with Crippen LogP contribution < -0.4 is 10.7 Å². The molecule has 0 radical (unpaired) electrons. The van der Waals surface area contributed by atoms with Crippen LogP contribution in [0.3, 0.4) is 0 Å². The van der Waals surface area contributed by atoms with Gasteiger partial charge in [0.1, 0.15) is 11.6 Å². The van der Waals surface area contributed by atoms with Crippen molar-refractivity contribution in [1.29, 1.82) is 0 Å². The molecule has 8 heteroatoms. The topological polar surface area (TPSA) is 71.8 Å². The number of benzene rings is 2. The Bertz CT molecular complexity index is 1250. The van der Waals surface area contributed by atoms with E-state index in [-0.39, 0.29) is 22.9 Å². The molecule has 0 fully saturated rings. The summed E-state index contributed by atoms with van der Waals surface area (Å²) in [4.78, 5) is 39.3. The van der Waals surface area contributed by atoms with Gasteiger partial charge in [0.15, 0.2) is 0 Å². The molecule has 1 aliphatic heterocycles. The predicted octanol–water partition coefficient (Wildman–Crippen LogP) is 4.55. The van der Waals surface area contributed by atoms with Gasteiger partial charge in [-0.3, -0.25) is 19.1 Å². The quantitative estimate of drug-likeness (QED) is 0.550. The molecule has 2 heterocycles. The lowest BCUT2D eigenvalue weighted by atomic mass is 10.0. The smallest absolute Gasteiger partial charge is 0.411 e. The molecule has 170 valence electrons. The summed E-state index contributed by atoms with van der Waals surface area (Å²) in [7, 11) is 0. The molecule has 1 aromatic heterocycles. The number of hydrogen-bond acceptors (Lipinski definition) is 4. The highest BCUT2D eigenvalue weighted by Crippen LogP contribution is 2.37. The fraction of sp³-hybridized carbons (Fsp3) is 0.240. The first kappa shape index (κ1) is 22.3. The van der Waals surface area contributed by atoms with Gasteiger partial charge in [0.05, 0.1) is 12.2 Å². The van der Waals surface area contributed by atoms with Crippen LogP contribution in [0.1, 0.15) is 37.9 Å². The Morgan fingerprint density at radius 1 is 1.00 bits per heavy atom. The first-order valence-corrected chi connectivity index (χ1v) is 10.5. The number of carbonyl (C=O) groups is 2. The lowest BCUT2D eigenvalue weighted by Crippen LogP contribution is -2.42. The number of anilines is 1. The third kappa shape index (κ3) is 4.50. The third-order valence-corrected chi connectivity index (χ3v) is 5.23. The maximum atomic E-state index is 15.3. The number of nitrogens with zero attached hydrogens (tertiary/aromatic N) is 3. The van der Waals surface area contributed by atoms with Crippen LogP contribution in [-0.4, -0.2) is 27.1 Å². The zero-order valence-corrected chi connectivity index (χ0v) is 18.6. The van der Waals surface area contributed by atoms with Crippen molar-refractivity contribution in [2.75, 3.05) is 5.12 Å². The molecule has 2 aromatic carbocycles. The third-order valence-electron chi connectivity index (χ3n) is 5.23. The van der Waals surface area contributed by atoms with Crippen LogP contribution in [0.25, 0.3) is 5.69 Å². The molecular formula is C25H24FN3O4. The minimum Gasteiger partial charge on any atom is -0.444 e. The highest BCUT2D eigenvalue weighted by atomic mass is 19.2. The van der Waals surface area contributed by atoms with Crippen molar-refractivity contribution < 1.29 is 18.8 Å². The zero-order valence-electron chi connectivity index (χ0n) is 18.6. The number of pyridine rings is 1. The number of hydrogen-bond donors (Lipinski definition) is 0. The average molecular weight is 449 g/mol. The van der Waals surface area contributed by atoms with Gasteiger partial charge in [0, 0.05) is 18.0 Å². The van der Waals surface area contributed by atoms with Gasteiger partial charge < -0.3 is 4.74 Å². The van der Waals surface area contributed by atoms with Crippen LogP contribution in [0.4, 0.5) is 15.0 Å². The SMILES string of the molecule is CC(C)(C)OC(=O)N1Cc2ccccc2C1C(=O)N(F)c1ccc(-n2ccccc2=O)cc1. The Morgan fingerprint density at radius 2 is 1.67 bits per heavy atom. The molecule has 0 spiro atoms. The normalized spacial score (nSPS) is 15.2. The van der Waals surface area contributed by atoms with Crippen molar-refractivity contribution in [3.63, 3.8) is 0 Å². The van der Waals surface area contributed by atoms with Gasteiger partial charge in [0.25, 0.3) is 11.5 Å². The zero-order chi connectivity index (χ0) is 23.8. The molecule has 0 N–H and O–H groups in total. The Balaban J connectivity index is 1.62. The monoisotopic (exact) mass is 449 g/mol. The second-order valence-corrected chi connectivity index (χ2v) is 8.75. The van der Waals surface area contributed by atoms with Crippen molar-refractivity contribution in [1.82, 2.24) is 9.47 Å². The molecule has 1 aliphatic rings. The van der Waals surface area contributed by atoms with E-state index in [0.717, 1.165) is 5.56 Å². The molecule has 0 aliphatic carbocycles. The summed E-state index contributed by atoms with van der Waals surface area (Å²) in [6.45, 7) is 5.33. The standard InChI is InChI=1S/C25H24FN3O4/c1-25(2,3)33-24(32)28-16-17-8-4-5-9-20(17)22(28)23(31)29(26)19-13-11-18(12-14-19)27-15-7-6-10-21(27)30/h4-15,22H,16H2,1-3H3. The van der Waals surface area contributed by atoms with Crippen molar-refractivity contribution >= 4 is 17.7 Å². The minimum atomic E-state index is -1.16. The Kier molecular flexibility index (Phi) is 5.76. The van der Waals surface area contributed by atoms with Gasteiger partial charge in [-0.25, -0.2) is 4.79 Å². The second-order valence-electron chi connectivity index (χ2n) is 8.75. The molecule has 0 bridgehead atoms. The van der Waals surface area contributed by atoms with E-state index in [9.17, 15) is 14.4 Å². The maximum absolute atomic E-state index is 15.3. The number of fused-ring (bicyclic) bond motifs is 1. The van der Waals surface area contributed by atoms with Crippen molar-refractivity contribution in [3.8, 4) is 5.69 Å². The summed E-state index contributed by atoms with van der Waals surface area (Å²) >= 11 is 0. The summed E-state index contributed by atoms with van der Waals surface area (Å²) in [6, 6.07) is 16.6. The molecule has 0 saturated heterocycles. The molecule has 0 saturated carbocycles. The van der Waals surface area contributed by atoms with E-state index in [1.807, 2.05) is 0 Å². The number of ether oxygens (including phenoxy) is 1. The highest BCUT2D eigenvalue weighted by Gasteiger charge is 2.42. The van der Waals surface area contributed by atoms with Crippen molar-refractivity contribution in [2.45, 2.75) is 39.0 Å². The lowest BCUT2D eigenvalue weighted by molar-refractivity contribution is -0.126. The Morgan fingerprint density at radius 3 is 2.33 bits per heavy atom. The molecule has 3 aromatic rings. The summed E-state index contributed by atoms with van der Waals surface area (Å²) in [5.41, 5.74) is 0.847. The van der Waals surface area contributed by atoms with E-state index >= 15 is 4.48 Å². The minimum absolute atomic E-state index is 0.0127. The molecule has 33 heavy (non-hydrogen) atoms. The largest absolute Gasteiger partial charge is 0.444 e. The van der Waals surface area contributed by atoms with Crippen LogP contribution in [0.15, 0.2) is 77.7 Å². The summed E-state index contributed by atoms with van der Waals surface area (Å²) < 4.78 is 22.2. The van der Waals surface area contributed by atoms with Gasteiger partial charge in [0.2, 0.25) is 0 Å². The Hall–Kier alpha value is -3.94. The molecule has 1 atom stereocenters. The number of halogens is 1. The number of carbonyl (C=O) groups excluding carboxylic acids is 2. The van der Waals surface area contributed by atoms with E-state index in [4.69, 9.17) is 4.74 Å². The number of rotatable bonds is 3. The van der Waals surface area contributed by atoms with E-state index in [1.54, 1.807) is 75.5 Å². The van der Waals surface area contributed by atoms with E-state index < -0.39 is 23.6 Å². The first-order valence-electron chi connectivity index (χ1n) is 10.5. The molecule has 7 nitrogen and oxygen atoms in total. The molecule has 1 unspecified atom stereocenters. The lowest BCUT2D eigenvalue weighted by Gasteiger charge is -2.29. The van der Waals surface area contributed by atoms with Crippen LogP contribution in [0.5, 0.6) is 0 Å². The van der Waals surface area contributed by atoms with E-state index in [1.165, 1.54) is 27.7 Å². The van der Waals surface area contributed by atoms with Gasteiger partial charge in [-0.05, 0) is 62.2 Å². The van der Waals surface area contributed by atoms with Crippen LogP contribution >= 0.6 is 0 Å². The predicted molar refractivity (Wildman–Crippen MR) is 122 cm³/mol. The molecule has 4 rings (SSSR count). The van der Waals surface area contributed by atoms with Gasteiger partial charge in [-0.2, -0.15) is 0 Å². The van der Waals surface area contributed by atoms with Crippen molar-refractivity contribution in [3.05, 3.63) is 94.4 Å². The second kappa shape index (κ2) is 8.54. The van der Waals surface area contributed by atoms with Crippen molar-refractivity contribution in [2.24, 2.45) is 0 Å². The Labute approximate surface area is 190 Å². The van der Waals surface area contributed by atoms with Gasteiger partial charge in [-0.15, -0.1) is 5.12 Å². The van der Waals surface area contributed by atoms with Crippen LogP contribution in [0, 0.1) is 0 Å². The van der Waals surface area contributed by atoms with E-state index in [0.29, 0.717) is 11.3 Å². The van der Waals surface area contributed by atoms with Crippen LogP contribution in [-0.2, 0) is 16.1 Å². The van der Waals surface area contributed by atoms with Gasteiger partial charge >= 0.3 is 6.09 Å². The fourth-order valence-corrected chi connectivity index (χ4v) is 3.76. The van der Waals surface area contributed by atoms with Crippen LogP contribution in [0.2, 0.25) is 0 Å². The summed E-state index contributed by atoms with van der Waals surface area (Å²) in [5.74, 6) is -0.907. The van der Waals surface area contributed by atoms with E-state index in [2.05, 4.69) is 0 Å². The molecule has 2 amide bonds. The average Bonchev–Trinajstić information content (AvgIpc) is 3.17. The maximum Gasteiger partial charge on any atom is 0.411 e. The summed E-state index contributed by atoms with van der Waals surface area (Å²) in [5, 5.41) is 0.0294. The number of aromatic nitrogens is 1.